The number of aliphatic hydroxyl groups excluding tert-OH is 3. The van der Waals surface area contributed by atoms with Crippen molar-refractivity contribution in [2.75, 3.05) is 65.9 Å². The number of amides is 6. The molecule has 0 aromatic heterocycles. The van der Waals surface area contributed by atoms with Crippen LogP contribution in [0.5, 0.6) is 0 Å². The van der Waals surface area contributed by atoms with Crippen LogP contribution in [0.4, 0.5) is 149 Å². The number of ether oxygens (including phenoxy) is 5. The number of carbonyl (C=O) groups excluding carboxylic acids is 7. The van der Waals surface area contributed by atoms with E-state index in [0.717, 1.165) is 13.8 Å². The molecular weight excluding hydrogens is 1620 g/mol. The van der Waals surface area contributed by atoms with Gasteiger partial charge in [-0.3, -0.25) is 33.6 Å². The van der Waals surface area contributed by atoms with Crippen LogP contribution in [0, 0.1) is 11.8 Å². The fourth-order valence-corrected chi connectivity index (χ4v) is 9.06. The zero-order chi connectivity index (χ0) is 85.9. The van der Waals surface area contributed by atoms with E-state index in [2.05, 4.69) is 16.0 Å². The van der Waals surface area contributed by atoms with Crippen LogP contribution in [-0.2, 0) is 57.2 Å². The molecule has 0 radical (unpaired) electrons. The molecule has 21 nitrogen and oxygen atoms in total. The highest BCUT2D eigenvalue weighted by atomic mass is 19.4. The van der Waals surface area contributed by atoms with E-state index in [1.807, 2.05) is 5.32 Å². The average Bonchev–Trinajstić information content (AvgIpc) is 0.717. The number of halogens is 34. The van der Waals surface area contributed by atoms with Gasteiger partial charge in [0.05, 0.1) is 64.3 Å². The molecule has 0 saturated carbocycles. The van der Waals surface area contributed by atoms with Crippen molar-refractivity contribution in [3.8, 4) is 0 Å². The summed E-state index contributed by atoms with van der Waals surface area (Å²) in [5.41, 5.74) is 0. The van der Waals surface area contributed by atoms with Gasteiger partial charge in [-0.2, -0.15) is 149 Å². The van der Waals surface area contributed by atoms with E-state index in [0.29, 0.717) is 5.32 Å². The fraction of sp³-hybridized carbons (Fsp3) is 0.870. The summed E-state index contributed by atoms with van der Waals surface area (Å²) in [6.07, 6.45) is -33.0. The van der Waals surface area contributed by atoms with E-state index in [9.17, 15) is 198 Å². The molecule has 9 atom stereocenters. The van der Waals surface area contributed by atoms with Crippen LogP contribution < -0.4 is 31.9 Å². The molecule has 0 aromatic rings. The molecule has 55 heteroatoms. The predicted octanol–water partition coefficient (Wildman–Crippen LogP) is 7.92. The molecule has 0 spiro atoms. The van der Waals surface area contributed by atoms with Gasteiger partial charge in [0, 0.05) is 52.7 Å². The lowest BCUT2D eigenvalue weighted by Crippen LogP contribution is -2.75. The summed E-state index contributed by atoms with van der Waals surface area (Å²) < 4.78 is 497. The maximum atomic E-state index is 14.9. The average molecular weight is 1690 g/mol. The summed E-state index contributed by atoms with van der Waals surface area (Å²) in [4.78, 5) is 88.5. The van der Waals surface area contributed by atoms with Gasteiger partial charge in [-0.25, -0.2) is 0 Å². The topological polar surface area (TPSA) is 299 Å². The number of rotatable bonds is 46. The van der Waals surface area contributed by atoms with Crippen LogP contribution >= 0.6 is 0 Å². The summed E-state index contributed by atoms with van der Waals surface area (Å²) in [6, 6.07) is -6.19. The van der Waals surface area contributed by atoms with Crippen LogP contribution in [0.1, 0.15) is 73.1 Å². The first-order valence-corrected chi connectivity index (χ1v) is 30.4. The van der Waals surface area contributed by atoms with Crippen molar-refractivity contribution in [1.29, 1.82) is 0 Å². The standard InChI is InChI=1S/C54H66F34N6O15/c1-22(2)31(92-24(4)96)28(98)20-26(23(3)108-37-32(93-25(5)97)34(101)33(100)29(21-95)109-37)35(102)91-13-15-106-17-19-107-18-16-105-14-9-30(99)89-11-7-6-8-27(94-38(104)40(57,58)42(61,62)44(65,66)46(69,70)48(73,74)50(77,78)52(81,82)54(86,87)88)36(103)90-12-10-39(55,56)41(59,60)43(63,64)45(67,68)47(71,72)49(75,76)51(79,80)53(83,84)85/h22-23,26-27,29,31-34,37,95,100-101H,6-21H2,1-5H3,(H,89,99)(H,90,103)(H,91,102)(H,92,96)(H,93,97)(H,94,104)/t23-,26-,27+,29+,31-,32+,33-,34+,37-/m0/s1. The highest BCUT2D eigenvalue weighted by Gasteiger charge is 2.97. The molecule has 109 heavy (non-hydrogen) atoms. The molecule has 6 amide bonds. The molecule has 0 aliphatic carbocycles. The van der Waals surface area contributed by atoms with Gasteiger partial charge >= 0.3 is 95.3 Å². The number of hydrogen-bond acceptors (Lipinski definition) is 15. The van der Waals surface area contributed by atoms with Crippen molar-refractivity contribution >= 4 is 41.2 Å². The monoisotopic (exact) mass is 1680 g/mol. The Morgan fingerprint density at radius 1 is 0.459 bits per heavy atom. The van der Waals surface area contributed by atoms with E-state index in [1.165, 1.54) is 6.92 Å². The minimum Gasteiger partial charge on any atom is -0.394 e. The molecule has 0 aromatic carbocycles. The van der Waals surface area contributed by atoms with Crippen molar-refractivity contribution in [1.82, 2.24) is 31.9 Å². The lowest BCUT2D eigenvalue weighted by Gasteiger charge is -2.43. The van der Waals surface area contributed by atoms with E-state index < -0.39 is 262 Å². The number of alkyl halides is 34. The van der Waals surface area contributed by atoms with E-state index >= 15 is 0 Å². The number of Topliss-reactive ketones (excluding diaryl/α,β-unsaturated/α-hetero) is 1. The maximum Gasteiger partial charge on any atom is 0.460 e. The van der Waals surface area contributed by atoms with E-state index in [4.69, 9.17) is 23.7 Å². The molecule has 9 N–H and O–H groups in total. The van der Waals surface area contributed by atoms with Crippen LogP contribution in [-0.4, -0.2) is 267 Å². The Morgan fingerprint density at radius 2 is 0.872 bits per heavy atom. The van der Waals surface area contributed by atoms with Gasteiger partial charge in [-0.05, 0) is 32.1 Å². The maximum absolute atomic E-state index is 14.9. The number of aliphatic hydroxyl groups is 3. The lowest BCUT2D eigenvalue weighted by molar-refractivity contribution is -0.461. The summed E-state index contributed by atoms with van der Waals surface area (Å²) in [6.45, 7) is 0.104. The molecule has 1 rings (SSSR count). The molecule has 1 saturated heterocycles. The van der Waals surface area contributed by atoms with Crippen molar-refractivity contribution < 1.29 is 222 Å². The van der Waals surface area contributed by atoms with Crippen LogP contribution in [0.3, 0.4) is 0 Å². The summed E-state index contributed by atoms with van der Waals surface area (Å²) in [5.74, 6) is -137. The Labute approximate surface area is 589 Å². The molecule has 1 aliphatic heterocycles. The zero-order valence-corrected chi connectivity index (χ0v) is 55.7. The number of unbranched alkanes of at least 4 members (excludes halogenated alkanes) is 1. The molecular formula is C54H66F34N6O15. The van der Waals surface area contributed by atoms with Gasteiger partial charge < -0.3 is 70.9 Å². The van der Waals surface area contributed by atoms with Crippen LogP contribution in [0.2, 0.25) is 0 Å². The van der Waals surface area contributed by atoms with Crippen molar-refractivity contribution in [3.05, 3.63) is 0 Å². The first-order chi connectivity index (χ1) is 48.8. The third kappa shape index (κ3) is 21.4. The van der Waals surface area contributed by atoms with Crippen LogP contribution in [0.25, 0.3) is 0 Å². The number of hydrogen-bond donors (Lipinski definition) is 9. The van der Waals surface area contributed by atoms with Gasteiger partial charge in [-0.1, -0.05) is 13.8 Å². The SMILES string of the molecule is CC(=O)N[C@H]1[C@@H](O[C@@H](C)[C@H](CC(=O)[C@@H](NC(C)=O)C(C)C)C(=O)NCCOCCOCCOCCC(=O)NCCCC[C@@H](NC(=O)C(F)(F)C(F)(F)C(F)(F)C(F)(F)C(F)(F)C(F)(F)C(F)(F)C(F)(F)F)C(=O)NCCC(F)(F)C(F)(F)C(F)(F)C(F)(F)C(F)(F)C(F)(F)C(F)(F)C(F)(F)F)O[C@H](CO)[C@H](O)[C@@H]1O. The summed E-state index contributed by atoms with van der Waals surface area (Å²) in [7, 11) is 0. The predicted molar refractivity (Wildman–Crippen MR) is 289 cm³/mol. The van der Waals surface area contributed by atoms with Gasteiger partial charge in [0.1, 0.15) is 30.4 Å². The smallest absolute Gasteiger partial charge is 0.394 e. The Morgan fingerprint density at radius 3 is 1.29 bits per heavy atom. The number of carbonyl (C=O) groups is 7. The Kier molecular flexibility index (Phi) is 34.0. The first-order valence-electron chi connectivity index (χ1n) is 30.4. The van der Waals surface area contributed by atoms with Gasteiger partial charge in [0.15, 0.2) is 12.1 Å². The molecule has 1 aliphatic rings. The Balaban J connectivity index is 3.22. The highest BCUT2D eigenvalue weighted by Crippen LogP contribution is 2.66. The van der Waals surface area contributed by atoms with Crippen LogP contribution in [0.15, 0.2) is 0 Å². The quantitative estimate of drug-likeness (QED) is 0.0207. The van der Waals surface area contributed by atoms with Crippen molar-refractivity contribution in [2.24, 2.45) is 11.8 Å². The summed E-state index contributed by atoms with van der Waals surface area (Å²) in [5, 5.41) is 40.7. The molecule has 1 fully saturated rings. The third-order valence-corrected chi connectivity index (χ3v) is 15.5. The molecule has 0 bridgehead atoms. The van der Waals surface area contributed by atoms with Crippen molar-refractivity contribution in [3.63, 3.8) is 0 Å². The van der Waals surface area contributed by atoms with E-state index in [-0.39, 0.29) is 44.9 Å². The van der Waals surface area contributed by atoms with Crippen molar-refractivity contribution in [2.45, 2.75) is 217 Å². The minimum absolute atomic E-state index is 0.0850. The fourth-order valence-electron chi connectivity index (χ4n) is 9.06. The Hall–Kier alpha value is -6.21. The first kappa shape index (κ1) is 101. The minimum atomic E-state index is -9.33. The van der Waals surface area contributed by atoms with Gasteiger partial charge in [0.2, 0.25) is 29.5 Å². The highest BCUT2D eigenvalue weighted by molar-refractivity contribution is 5.93. The third-order valence-electron chi connectivity index (χ3n) is 15.5. The van der Waals surface area contributed by atoms with E-state index in [1.54, 1.807) is 13.8 Å². The van der Waals surface area contributed by atoms with Gasteiger partial charge in [0.25, 0.3) is 5.91 Å². The second-order valence-electron chi connectivity index (χ2n) is 23.9. The number of ketones is 1. The molecule has 640 valence electrons. The van der Waals surface area contributed by atoms with Gasteiger partial charge in [-0.15, -0.1) is 0 Å². The second kappa shape index (κ2) is 36.7. The lowest BCUT2D eigenvalue weighted by atomic mass is 9.88. The molecule has 0 unspecified atom stereocenters. The second-order valence-corrected chi connectivity index (χ2v) is 23.9. The zero-order valence-electron chi connectivity index (χ0n) is 55.7. The largest absolute Gasteiger partial charge is 0.460 e. The Bertz CT molecular complexity index is 3040. The normalized spacial score (nSPS) is 19.5. The summed E-state index contributed by atoms with van der Waals surface area (Å²) >= 11 is 0. The molecule has 1 heterocycles. The number of nitrogens with one attached hydrogen (secondary N) is 6.